The van der Waals surface area contributed by atoms with E-state index in [1.165, 1.54) is 5.56 Å². The molecule has 2 atom stereocenters. The molecule has 0 saturated carbocycles. The molecule has 0 fully saturated rings. The molecule has 0 bridgehead atoms. The molecule has 242 valence electrons. The molecule has 9 rings (SSSR count). The van der Waals surface area contributed by atoms with Crippen molar-refractivity contribution < 1.29 is 10.2 Å². The third kappa shape index (κ3) is 4.54. The lowest BCUT2D eigenvalue weighted by Crippen LogP contribution is -2.41. The van der Waals surface area contributed by atoms with Gasteiger partial charge in [-0.3, -0.25) is 0 Å². The van der Waals surface area contributed by atoms with Gasteiger partial charge in [-0.1, -0.05) is 157 Å². The van der Waals surface area contributed by atoms with E-state index in [9.17, 15) is 10.2 Å². The molecule has 0 aliphatic heterocycles. The van der Waals surface area contributed by atoms with E-state index in [0.29, 0.717) is 0 Å². The van der Waals surface area contributed by atoms with E-state index in [0.717, 1.165) is 76.9 Å². The van der Waals surface area contributed by atoms with Crippen molar-refractivity contribution in [2.45, 2.75) is 30.5 Å². The molecule has 0 radical (unpaired) electrons. The van der Waals surface area contributed by atoms with Gasteiger partial charge in [0.1, 0.15) is 11.2 Å². The van der Waals surface area contributed by atoms with Gasteiger partial charge in [0.05, 0.1) is 0 Å². The van der Waals surface area contributed by atoms with Crippen LogP contribution in [0.15, 0.2) is 196 Å². The average molecular weight is 712 g/mol. The highest BCUT2D eigenvalue weighted by atomic mass is 79.9. The second kappa shape index (κ2) is 11.2. The van der Waals surface area contributed by atoms with Gasteiger partial charge in [-0.25, -0.2) is 0 Å². The van der Waals surface area contributed by atoms with Crippen LogP contribution in [0.25, 0.3) is 28.3 Å². The molecule has 0 aromatic heterocycles. The second-order valence-electron chi connectivity index (χ2n) is 14.2. The first-order valence-corrected chi connectivity index (χ1v) is 17.9. The van der Waals surface area contributed by atoms with Gasteiger partial charge in [-0.15, -0.1) is 0 Å². The summed E-state index contributed by atoms with van der Waals surface area (Å²) in [5, 5.41) is 26.3. The third-order valence-corrected chi connectivity index (χ3v) is 11.5. The Kier molecular flexibility index (Phi) is 6.95. The van der Waals surface area contributed by atoms with Gasteiger partial charge < -0.3 is 10.2 Å². The zero-order chi connectivity index (χ0) is 34.3. The fraction of sp³-hybridized carbons (Fsp3) is 0.106. The SMILES string of the molecule is CC1(C)C2=CC3=C4C(=CC=CC4(O)c4ccc(-c5ccccc5)cc4)C=C3C(O)(c3ccc(-c4ccccc4)cc3)C2=Cc2ccc(Br)cc21. The highest BCUT2D eigenvalue weighted by Crippen LogP contribution is 2.60. The average Bonchev–Trinajstić information content (AvgIpc) is 3.54. The Morgan fingerprint density at radius 2 is 1.14 bits per heavy atom. The van der Waals surface area contributed by atoms with Gasteiger partial charge in [0.15, 0.2) is 0 Å². The topological polar surface area (TPSA) is 40.5 Å². The number of rotatable bonds is 4. The van der Waals surface area contributed by atoms with Gasteiger partial charge >= 0.3 is 0 Å². The first-order chi connectivity index (χ1) is 24.2. The Hall–Kier alpha value is -5.06. The highest BCUT2D eigenvalue weighted by Gasteiger charge is 2.53. The molecule has 2 N–H and O–H groups in total. The highest BCUT2D eigenvalue weighted by molar-refractivity contribution is 9.10. The summed E-state index contributed by atoms with van der Waals surface area (Å²) < 4.78 is 1.02. The lowest BCUT2D eigenvalue weighted by Gasteiger charge is -2.46. The van der Waals surface area contributed by atoms with E-state index in [2.05, 4.69) is 127 Å². The fourth-order valence-corrected chi connectivity index (χ4v) is 8.73. The first kappa shape index (κ1) is 31.0. The van der Waals surface area contributed by atoms with E-state index in [1.54, 1.807) is 0 Å². The van der Waals surface area contributed by atoms with E-state index in [1.807, 2.05) is 66.8 Å². The largest absolute Gasteiger partial charge is 0.377 e. The standard InChI is InChI=1S/C47H35BrO2/c1-45(2)40-28-38(48)24-19-34(40)26-43-42(45)29-39-41(47(43,50)37-22-17-33(18-23-37)31-12-7-4-8-13-31)27-35-14-9-25-46(49,44(35)39)36-20-15-32(16-21-36)30-10-5-3-6-11-30/h3-29,49-50H,1-2H3. The maximum absolute atomic E-state index is 13.5. The Morgan fingerprint density at radius 1 is 0.560 bits per heavy atom. The zero-order valence-electron chi connectivity index (χ0n) is 27.9. The molecular formula is C47H35BrO2. The summed E-state index contributed by atoms with van der Waals surface area (Å²) in [6, 6.07) is 43.5. The lowest BCUT2D eigenvalue weighted by atomic mass is 9.59. The molecule has 0 saturated heterocycles. The van der Waals surface area contributed by atoms with E-state index in [-0.39, 0.29) is 0 Å². The van der Waals surface area contributed by atoms with Crippen molar-refractivity contribution in [1.29, 1.82) is 0 Å². The first-order valence-electron chi connectivity index (χ1n) is 17.1. The van der Waals surface area contributed by atoms with E-state index in [4.69, 9.17) is 0 Å². The summed E-state index contributed by atoms with van der Waals surface area (Å²) in [6.45, 7) is 4.47. The number of allylic oxidation sites excluding steroid dienone is 4. The van der Waals surface area contributed by atoms with Gasteiger partial charge in [-0.2, -0.15) is 0 Å². The van der Waals surface area contributed by atoms with E-state index < -0.39 is 16.6 Å². The van der Waals surface area contributed by atoms with Crippen LogP contribution >= 0.6 is 15.9 Å². The van der Waals surface area contributed by atoms with Crippen LogP contribution in [0.1, 0.15) is 36.1 Å². The van der Waals surface area contributed by atoms with Crippen molar-refractivity contribution in [3.8, 4) is 22.3 Å². The van der Waals surface area contributed by atoms with Crippen LogP contribution < -0.4 is 0 Å². The molecule has 0 spiro atoms. The predicted molar refractivity (Wildman–Crippen MR) is 207 cm³/mol. The second-order valence-corrected chi connectivity index (χ2v) is 15.1. The van der Waals surface area contributed by atoms with Crippen molar-refractivity contribution in [3.05, 3.63) is 218 Å². The molecule has 5 aromatic rings. The van der Waals surface area contributed by atoms with Crippen LogP contribution in [0.5, 0.6) is 0 Å². The predicted octanol–water partition coefficient (Wildman–Crippen LogP) is 10.9. The monoisotopic (exact) mass is 710 g/mol. The summed E-state index contributed by atoms with van der Waals surface area (Å²) in [7, 11) is 0. The van der Waals surface area contributed by atoms with Crippen LogP contribution in [0.4, 0.5) is 0 Å². The fourth-order valence-electron chi connectivity index (χ4n) is 8.37. The normalized spacial score (nSPS) is 22.7. The molecule has 0 amide bonds. The Bertz CT molecular complexity index is 2390. The minimum atomic E-state index is -1.47. The van der Waals surface area contributed by atoms with Crippen LogP contribution in [0, 0.1) is 0 Å². The molecular weight excluding hydrogens is 676 g/mol. The molecule has 0 heterocycles. The molecule has 2 unspecified atom stereocenters. The molecule has 4 aliphatic rings. The summed E-state index contributed by atoms with van der Waals surface area (Å²) in [6.07, 6.45) is 12.3. The van der Waals surface area contributed by atoms with Gasteiger partial charge in [-0.05, 0) is 103 Å². The lowest BCUT2D eigenvalue weighted by molar-refractivity contribution is 0.116. The number of fused-ring (bicyclic) bond motifs is 4. The van der Waals surface area contributed by atoms with Crippen molar-refractivity contribution in [1.82, 2.24) is 0 Å². The van der Waals surface area contributed by atoms with Crippen LogP contribution in [0.3, 0.4) is 0 Å². The number of benzene rings is 5. The zero-order valence-corrected chi connectivity index (χ0v) is 29.4. The maximum Gasteiger partial charge on any atom is 0.141 e. The smallest absolute Gasteiger partial charge is 0.141 e. The summed E-state index contributed by atoms with van der Waals surface area (Å²) in [5.41, 5.74) is 10.2. The summed E-state index contributed by atoms with van der Waals surface area (Å²) in [4.78, 5) is 0. The number of hydrogen-bond acceptors (Lipinski definition) is 2. The number of hydrogen-bond donors (Lipinski definition) is 2. The molecule has 5 aromatic carbocycles. The molecule has 2 nitrogen and oxygen atoms in total. The van der Waals surface area contributed by atoms with Crippen molar-refractivity contribution in [3.63, 3.8) is 0 Å². The van der Waals surface area contributed by atoms with Crippen molar-refractivity contribution in [2.24, 2.45) is 0 Å². The van der Waals surface area contributed by atoms with Crippen molar-refractivity contribution >= 4 is 22.0 Å². The quantitative estimate of drug-likeness (QED) is 0.195. The molecule has 3 heteroatoms. The molecule has 50 heavy (non-hydrogen) atoms. The van der Waals surface area contributed by atoms with Crippen molar-refractivity contribution in [2.75, 3.05) is 0 Å². The third-order valence-electron chi connectivity index (χ3n) is 11.0. The van der Waals surface area contributed by atoms with Gasteiger partial charge in [0.25, 0.3) is 0 Å². The van der Waals surface area contributed by atoms with Crippen LogP contribution in [-0.2, 0) is 16.6 Å². The number of halogens is 1. The van der Waals surface area contributed by atoms with Crippen LogP contribution in [0.2, 0.25) is 0 Å². The van der Waals surface area contributed by atoms with Crippen LogP contribution in [-0.4, -0.2) is 10.2 Å². The van der Waals surface area contributed by atoms with E-state index >= 15 is 0 Å². The van der Waals surface area contributed by atoms with Gasteiger partial charge in [0, 0.05) is 21.0 Å². The molecule has 4 aliphatic carbocycles. The van der Waals surface area contributed by atoms with Gasteiger partial charge in [0.2, 0.25) is 0 Å². The Labute approximate surface area is 301 Å². The Balaban J connectivity index is 1.26. The Morgan fingerprint density at radius 3 is 1.76 bits per heavy atom. The number of aliphatic hydroxyl groups is 2. The maximum atomic E-state index is 13.5. The minimum Gasteiger partial charge on any atom is -0.377 e. The minimum absolute atomic E-state index is 0.438. The summed E-state index contributed by atoms with van der Waals surface area (Å²) >= 11 is 3.71. The summed E-state index contributed by atoms with van der Waals surface area (Å²) in [5.74, 6) is 0.